The normalized spacial score (nSPS) is 15.1. The van der Waals surface area contributed by atoms with Crippen LogP contribution in [0.15, 0.2) is 36.4 Å². The first-order chi connectivity index (χ1) is 7.25. The maximum atomic E-state index is 11.8. The molecule has 1 aromatic rings. The first-order valence-corrected chi connectivity index (χ1v) is 4.82. The van der Waals surface area contributed by atoms with Crippen LogP contribution in [0, 0.1) is 0 Å². The van der Waals surface area contributed by atoms with Crippen molar-refractivity contribution in [2.75, 3.05) is 6.54 Å². The van der Waals surface area contributed by atoms with Gasteiger partial charge in [-0.1, -0.05) is 24.3 Å². The molecule has 3 heteroatoms. The van der Waals surface area contributed by atoms with E-state index in [0.29, 0.717) is 17.7 Å². The maximum absolute atomic E-state index is 11.8. The molecule has 0 saturated heterocycles. The molecule has 1 heterocycles. The molecule has 15 heavy (non-hydrogen) atoms. The minimum atomic E-state index is -0.200. The lowest BCUT2D eigenvalue weighted by atomic mass is 10.1. The topological polar surface area (TPSA) is 37.4 Å². The number of fused-ring (bicyclic) bond motifs is 1. The zero-order chi connectivity index (χ0) is 10.8. The second-order valence-electron chi connectivity index (χ2n) is 3.34. The Kier molecular flexibility index (Phi) is 2.37. The zero-order valence-electron chi connectivity index (χ0n) is 8.43. The zero-order valence-corrected chi connectivity index (χ0v) is 8.43. The van der Waals surface area contributed by atoms with Gasteiger partial charge in [0.1, 0.15) is 0 Å². The standard InChI is InChI=1S/C12H11NO2/c1-2-3-8-13-11(14)9-6-4-5-7-10(9)12(13)15/h2-7H,8H2,1H3/b3-2+. The lowest BCUT2D eigenvalue weighted by Gasteiger charge is -2.09. The Morgan fingerprint density at radius 3 is 2.13 bits per heavy atom. The van der Waals surface area contributed by atoms with Crippen LogP contribution < -0.4 is 0 Å². The SMILES string of the molecule is C/C=C/CN1C(=O)c2ccccc2C1=O. The highest BCUT2D eigenvalue weighted by atomic mass is 16.2. The number of carbonyl (C=O) groups excluding carboxylic acids is 2. The Morgan fingerprint density at radius 1 is 1.13 bits per heavy atom. The molecule has 0 saturated carbocycles. The molecular formula is C12H11NO2. The lowest BCUT2D eigenvalue weighted by Crippen LogP contribution is -2.29. The van der Waals surface area contributed by atoms with Crippen molar-refractivity contribution < 1.29 is 9.59 Å². The summed E-state index contributed by atoms with van der Waals surface area (Å²) in [4.78, 5) is 24.8. The molecule has 0 aromatic heterocycles. The number of hydrogen-bond acceptors (Lipinski definition) is 2. The number of carbonyl (C=O) groups is 2. The van der Waals surface area contributed by atoms with Gasteiger partial charge in [-0.05, 0) is 19.1 Å². The van der Waals surface area contributed by atoms with Crippen LogP contribution in [0.4, 0.5) is 0 Å². The molecule has 0 N–H and O–H groups in total. The maximum Gasteiger partial charge on any atom is 0.261 e. The van der Waals surface area contributed by atoms with Crippen LogP contribution in [0.5, 0.6) is 0 Å². The largest absolute Gasteiger partial charge is 0.270 e. The quantitative estimate of drug-likeness (QED) is 0.541. The highest BCUT2D eigenvalue weighted by Crippen LogP contribution is 2.21. The highest BCUT2D eigenvalue weighted by Gasteiger charge is 2.33. The summed E-state index contributed by atoms with van der Waals surface area (Å²) in [6, 6.07) is 6.91. The number of imide groups is 1. The number of nitrogens with zero attached hydrogens (tertiary/aromatic N) is 1. The summed E-state index contributed by atoms with van der Waals surface area (Å²) in [5.74, 6) is -0.401. The summed E-state index contributed by atoms with van der Waals surface area (Å²) in [5.41, 5.74) is 1.01. The van der Waals surface area contributed by atoms with E-state index in [1.165, 1.54) is 4.90 Å². The van der Waals surface area contributed by atoms with E-state index in [2.05, 4.69) is 0 Å². The van der Waals surface area contributed by atoms with Crippen LogP contribution in [0.3, 0.4) is 0 Å². The first kappa shape index (κ1) is 9.65. The van der Waals surface area contributed by atoms with Gasteiger partial charge in [-0.25, -0.2) is 0 Å². The van der Waals surface area contributed by atoms with Crippen molar-refractivity contribution in [3.8, 4) is 0 Å². The third-order valence-corrected chi connectivity index (χ3v) is 2.40. The van der Waals surface area contributed by atoms with E-state index in [1.807, 2.05) is 13.0 Å². The average Bonchev–Trinajstić information content (AvgIpc) is 2.51. The molecule has 1 aliphatic heterocycles. The van der Waals surface area contributed by atoms with Gasteiger partial charge in [0.15, 0.2) is 0 Å². The Balaban J connectivity index is 2.37. The molecule has 3 nitrogen and oxygen atoms in total. The fraction of sp³-hybridized carbons (Fsp3) is 0.167. The Bertz CT molecular complexity index is 414. The summed E-state index contributed by atoms with van der Waals surface area (Å²) in [6.07, 6.45) is 3.62. The molecule has 1 aliphatic rings. The fourth-order valence-electron chi connectivity index (χ4n) is 1.62. The molecule has 1 aromatic carbocycles. The molecule has 0 bridgehead atoms. The van der Waals surface area contributed by atoms with Crippen LogP contribution in [-0.4, -0.2) is 23.3 Å². The lowest BCUT2D eigenvalue weighted by molar-refractivity contribution is 0.0672. The van der Waals surface area contributed by atoms with Crippen molar-refractivity contribution in [1.82, 2.24) is 4.90 Å². The summed E-state index contributed by atoms with van der Waals surface area (Å²) >= 11 is 0. The highest BCUT2D eigenvalue weighted by molar-refractivity contribution is 6.21. The summed E-state index contributed by atoms with van der Waals surface area (Å²) in [5, 5.41) is 0. The first-order valence-electron chi connectivity index (χ1n) is 4.82. The smallest absolute Gasteiger partial charge is 0.261 e. The van der Waals surface area contributed by atoms with E-state index in [1.54, 1.807) is 30.3 Å². The monoisotopic (exact) mass is 201 g/mol. The van der Waals surface area contributed by atoms with Gasteiger partial charge < -0.3 is 0 Å². The molecule has 0 radical (unpaired) electrons. The van der Waals surface area contributed by atoms with Crippen LogP contribution in [0.25, 0.3) is 0 Å². The Labute approximate surface area is 88.0 Å². The van der Waals surface area contributed by atoms with Crippen molar-refractivity contribution >= 4 is 11.8 Å². The van der Waals surface area contributed by atoms with Gasteiger partial charge in [0, 0.05) is 6.54 Å². The van der Waals surface area contributed by atoms with E-state index in [4.69, 9.17) is 0 Å². The van der Waals surface area contributed by atoms with Crippen LogP contribution in [0.1, 0.15) is 27.6 Å². The third-order valence-electron chi connectivity index (χ3n) is 2.40. The number of amides is 2. The van der Waals surface area contributed by atoms with Gasteiger partial charge in [0.2, 0.25) is 0 Å². The second-order valence-corrected chi connectivity index (χ2v) is 3.34. The summed E-state index contributed by atoms with van der Waals surface area (Å²) in [6.45, 7) is 2.21. The number of allylic oxidation sites excluding steroid dienone is 1. The van der Waals surface area contributed by atoms with E-state index < -0.39 is 0 Å². The van der Waals surface area contributed by atoms with E-state index >= 15 is 0 Å². The van der Waals surface area contributed by atoms with E-state index in [9.17, 15) is 9.59 Å². The minimum absolute atomic E-state index is 0.200. The van der Waals surface area contributed by atoms with Gasteiger partial charge >= 0.3 is 0 Å². The van der Waals surface area contributed by atoms with Gasteiger partial charge in [-0.3, -0.25) is 14.5 Å². The predicted molar refractivity (Wildman–Crippen MR) is 56.6 cm³/mol. The fourth-order valence-corrected chi connectivity index (χ4v) is 1.62. The van der Waals surface area contributed by atoms with Gasteiger partial charge in [-0.15, -0.1) is 0 Å². The predicted octanol–water partition coefficient (Wildman–Crippen LogP) is 1.86. The molecule has 0 spiro atoms. The molecule has 76 valence electrons. The molecular weight excluding hydrogens is 190 g/mol. The average molecular weight is 201 g/mol. The van der Waals surface area contributed by atoms with Crippen molar-refractivity contribution in [3.05, 3.63) is 47.5 Å². The van der Waals surface area contributed by atoms with Crippen molar-refractivity contribution in [2.45, 2.75) is 6.92 Å². The molecule has 0 atom stereocenters. The molecule has 2 rings (SSSR count). The van der Waals surface area contributed by atoms with Crippen LogP contribution >= 0.6 is 0 Å². The van der Waals surface area contributed by atoms with Gasteiger partial charge in [0.25, 0.3) is 11.8 Å². The third kappa shape index (κ3) is 1.46. The van der Waals surface area contributed by atoms with Crippen molar-refractivity contribution in [2.24, 2.45) is 0 Å². The Morgan fingerprint density at radius 2 is 1.67 bits per heavy atom. The molecule has 2 amide bonds. The van der Waals surface area contributed by atoms with Gasteiger partial charge in [-0.2, -0.15) is 0 Å². The second kappa shape index (κ2) is 3.69. The minimum Gasteiger partial charge on any atom is -0.270 e. The van der Waals surface area contributed by atoms with Gasteiger partial charge in [0.05, 0.1) is 11.1 Å². The van der Waals surface area contributed by atoms with E-state index in [0.717, 1.165) is 0 Å². The molecule has 0 unspecified atom stereocenters. The van der Waals surface area contributed by atoms with E-state index in [-0.39, 0.29) is 11.8 Å². The summed E-state index contributed by atoms with van der Waals surface area (Å²) in [7, 11) is 0. The van der Waals surface area contributed by atoms with Crippen molar-refractivity contribution in [3.63, 3.8) is 0 Å². The number of rotatable bonds is 2. The van der Waals surface area contributed by atoms with Crippen LogP contribution in [0.2, 0.25) is 0 Å². The molecule has 0 aliphatic carbocycles. The summed E-state index contributed by atoms with van der Waals surface area (Å²) < 4.78 is 0. The Hall–Kier alpha value is -1.90. The number of benzene rings is 1. The molecule has 0 fully saturated rings. The number of hydrogen-bond donors (Lipinski definition) is 0. The van der Waals surface area contributed by atoms with Crippen LogP contribution in [-0.2, 0) is 0 Å². The van der Waals surface area contributed by atoms with Crippen molar-refractivity contribution in [1.29, 1.82) is 0 Å².